The number of nitrogens with one attached hydrogen (secondary N) is 1. The molecule has 0 saturated carbocycles. The van der Waals surface area contributed by atoms with Crippen LogP contribution in [-0.4, -0.2) is 32.6 Å². The quantitative estimate of drug-likeness (QED) is 0.506. The second-order valence-corrected chi connectivity index (χ2v) is 7.40. The van der Waals surface area contributed by atoms with Crippen molar-refractivity contribution in [3.8, 4) is 0 Å². The Balaban J connectivity index is 1.51. The smallest absolute Gasteiger partial charge is 0.257 e. The summed E-state index contributed by atoms with van der Waals surface area (Å²) < 4.78 is 0. The molecular weight excluding hydrogens is 386 g/mol. The summed E-state index contributed by atoms with van der Waals surface area (Å²) in [5.74, 6) is -1.85. The Morgan fingerprint density at radius 1 is 0.935 bits per heavy atom. The largest absolute Gasteiger partial charge is 0.322 e. The molecule has 0 aliphatic carbocycles. The summed E-state index contributed by atoms with van der Waals surface area (Å²) in [4.78, 5) is 38.9. The number of benzene rings is 3. The zero-order chi connectivity index (χ0) is 21.8. The number of carbonyl (C=O) groups is 3. The maximum absolute atomic E-state index is 12.9. The van der Waals surface area contributed by atoms with Crippen molar-refractivity contribution in [3.05, 3.63) is 95.6 Å². The number of rotatable bonds is 6. The fourth-order valence-corrected chi connectivity index (χ4v) is 3.66. The maximum Gasteiger partial charge on any atom is 0.257 e. The monoisotopic (exact) mass is 405 g/mol. The Morgan fingerprint density at radius 2 is 1.58 bits per heavy atom. The van der Waals surface area contributed by atoms with E-state index in [1.165, 1.54) is 12.7 Å². The second kappa shape index (κ2) is 9.04. The molecule has 0 spiro atoms. The average molecular weight is 405 g/mol. The van der Waals surface area contributed by atoms with Crippen LogP contribution in [0.3, 0.4) is 0 Å². The highest BCUT2D eigenvalue weighted by molar-refractivity contribution is 6.92. The van der Waals surface area contributed by atoms with E-state index in [1.807, 2.05) is 42.5 Å². The van der Waals surface area contributed by atoms with E-state index in [9.17, 15) is 14.4 Å². The van der Waals surface area contributed by atoms with Gasteiger partial charge in [0.25, 0.3) is 5.91 Å². The van der Waals surface area contributed by atoms with Crippen molar-refractivity contribution in [3.63, 3.8) is 0 Å². The molecule has 4 rings (SSSR count). The van der Waals surface area contributed by atoms with Crippen LogP contribution in [0, 0.1) is 0 Å². The number of imide groups is 1. The van der Waals surface area contributed by atoms with Crippen LogP contribution in [0.4, 0.5) is 11.4 Å². The number of amides is 3. The minimum atomic E-state index is -0.666. The Hall–Kier alpha value is -3.60. The molecular formula is C24H19B2N2O3. The van der Waals surface area contributed by atoms with Crippen LogP contribution in [0.2, 0.25) is 5.82 Å². The molecule has 3 radical (unpaired) electrons. The molecule has 1 heterocycles. The van der Waals surface area contributed by atoms with Crippen molar-refractivity contribution in [2.75, 3.05) is 10.2 Å². The number of carbonyl (C=O) groups excluding carboxylic acids is 3. The third kappa shape index (κ3) is 4.45. The van der Waals surface area contributed by atoms with Gasteiger partial charge in [0, 0.05) is 25.7 Å². The third-order valence-electron chi connectivity index (χ3n) is 5.27. The molecule has 1 atom stereocenters. The molecule has 3 aromatic carbocycles. The molecule has 1 fully saturated rings. The van der Waals surface area contributed by atoms with Crippen molar-refractivity contribution in [1.82, 2.24) is 0 Å². The number of hydrogen-bond donors (Lipinski definition) is 1. The first-order valence-electron chi connectivity index (χ1n) is 10.0. The Labute approximate surface area is 183 Å². The van der Waals surface area contributed by atoms with Crippen LogP contribution in [0.1, 0.15) is 27.9 Å². The van der Waals surface area contributed by atoms with E-state index in [2.05, 4.69) is 17.4 Å². The van der Waals surface area contributed by atoms with Gasteiger partial charge in [0.05, 0.1) is 18.4 Å². The summed E-state index contributed by atoms with van der Waals surface area (Å²) >= 11 is 0. The van der Waals surface area contributed by atoms with Gasteiger partial charge in [-0.3, -0.25) is 19.3 Å². The van der Waals surface area contributed by atoms with Gasteiger partial charge in [-0.15, -0.1) is 0 Å². The summed E-state index contributed by atoms with van der Waals surface area (Å²) in [5.41, 5.74) is 3.47. The number of anilines is 2. The van der Waals surface area contributed by atoms with Gasteiger partial charge >= 0.3 is 0 Å². The Morgan fingerprint density at radius 3 is 2.26 bits per heavy atom. The standard InChI is InChI=1S/C24H19B2N2O3/c25-26-20-15-22(29)28(24(20)31)21-9-5-4-8-19(21)23(30)27-18-12-10-17(11-13-18)14-16-6-2-1-3-7-16/h1-13,20H,14-15H2,(H,27,30). The normalized spacial score (nSPS) is 15.7. The molecule has 3 amide bonds. The molecule has 149 valence electrons. The van der Waals surface area contributed by atoms with Crippen LogP contribution in [0.15, 0.2) is 78.9 Å². The van der Waals surface area contributed by atoms with Gasteiger partial charge in [-0.05, 0) is 41.8 Å². The van der Waals surface area contributed by atoms with E-state index in [4.69, 9.17) is 7.74 Å². The number of para-hydroxylation sites is 1. The van der Waals surface area contributed by atoms with Gasteiger partial charge in [0.2, 0.25) is 11.8 Å². The zero-order valence-corrected chi connectivity index (χ0v) is 16.8. The minimum Gasteiger partial charge on any atom is -0.322 e. The lowest BCUT2D eigenvalue weighted by atomic mass is 9.47. The molecule has 1 N–H and O–H groups in total. The van der Waals surface area contributed by atoms with Crippen molar-refractivity contribution in [2.24, 2.45) is 0 Å². The molecule has 0 aromatic heterocycles. The van der Waals surface area contributed by atoms with Crippen molar-refractivity contribution in [1.29, 1.82) is 0 Å². The van der Waals surface area contributed by atoms with Crippen LogP contribution >= 0.6 is 0 Å². The zero-order valence-electron chi connectivity index (χ0n) is 16.8. The lowest BCUT2D eigenvalue weighted by molar-refractivity contribution is -0.121. The summed E-state index contributed by atoms with van der Waals surface area (Å²) in [6, 6.07) is 24.3. The average Bonchev–Trinajstić information content (AvgIpc) is 3.08. The lowest BCUT2D eigenvalue weighted by Crippen LogP contribution is -2.32. The van der Waals surface area contributed by atoms with E-state index < -0.39 is 17.6 Å². The second-order valence-electron chi connectivity index (χ2n) is 7.40. The molecule has 31 heavy (non-hydrogen) atoms. The van der Waals surface area contributed by atoms with E-state index >= 15 is 0 Å². The van der Waals surface area contributed by atoms with E-state index in [0.717, 1.165) is 16.9 Å². The van der Waals surface area contributed by atoms with E-state index in [0.29, 0.717) is 5.69 Å². The van der Waals surface area contributed by atoms with Gasteiger partial charge in [0.1, 0.15) is 0 Å². The maximum atomic E-state index is 12.9. The van der Waals surface area contributed by atoms with Gasteiger partial charge < -0.3 is 5.32 Å². The summed E-state index contributed by atoms with van der Waals surface area (Å²) in [6.45, 7) is 0. The van der Waals surface area contributed by atoms with E-state index in [1.54, 1.807) is 24.3 Å². The molecule has 0 bridgehead atoms. The molecule has 7 heteroatoms. The first-order chi connectivity index (χ1) is 15.1. The van der Waals surface area contributed by atoms with Gasteiger partial charge in [0.15, 0.2) is 0 Å². The number of nitrogens with zero attached hydrogens (tertiary/aromatic N) is 1. The molecule has 3 aromatic rings. The predicted molar refractivity (Wildman–Crippen MR) is 122 cm³/mol. The molecule has 1 aliphatic rings. The first kappa shape index (κ1) is 20.7. The van der Waals surface area contributed by atoms with Gasteiger partial charge in [-0.2, -0.15) is 0 Å². The van der Waals surface area contributed by atoms with Crippen LogP contribution in [0.25, 0.3) is 0 Å². The summed E-state index contributed by atoms with van der Waals surface area (Å²) in [7, 11) is 6.71. The van der Waals surface area contributed by atoms with Gasteiger partial charge in [-0.1, -0.05) is 54.6 Å². The molecule has 1 saturated heterocycles. The summed E-state index contributed by atoms with van der Waals surface area (Å²) in [5, 5.41) is 2.85. The fraction of sp³-hybridized carbons (Fsp3) is 0.125. The number of hydrogen-bond acceptors (Lipinski definition) is 3. The first-order valence-corrected chi connectivity index (χ1v) is 10.0. The fourth-order valence-electron chi connectivity index (χ4n) is 3.66. The predicted octanol–water partition coefficient (Wildman–Crippen LogP) is 3.37. The Kier molecular flexibility index (Phi) is 6.03. The SMILES string of the molecule is [B][B]C1CC(=O)N(c2ccccc2C(=O)Nc2ccc(Cc3ccccc3)cc2)C1=O. The van der Waals surface area contributed by atoms with Crippen LogP contribution in [0.5, 0.6) is 0 Å². The topological polar surface area (TPSA) is 66.5 Å². The van der Waals surface area contributed by atoms with Crippen molar-refractivity contribution >= 4 is 44.0 Å². The lowest BCUT2D eigenvalue weighted by Gasteiger charge is -2.18. The highest BCUT2D eigenvalue weighted by atomic mass is 16.2. The molecule has 1 unspecified atom stereocenters. The Bertz CT molecular complexity index is 1120. The van der Waals surface area contributed by atoms with Crippen molar-refractivity contribution in [2.45, 2.75) is 18.7 Å². The molecule has 5 nitrogen and oxygen atoms in total. The minimum absolute atomic E-state index is 0.00810. The van der Waals surface area contributed by atoms with Crippen LogP contribution < -0.4 is 10.2 Å². The van der Waals surface area contributed by atoms with Crippen LogP contribution in [-0.2, 0) is 16.0 Å². The highest BCUT2D eigenvalue weighted by Gasteiger charge is 2.39. The highest BCUT2D eigenvalue weighted by Crippen LogP contribution is 2.31. The summed E-state index contributed by atoms with van der Waals surface area (Å²) in [6.07, 6.45) is 0.810. The molecule has 1 aliphatic heterocycles. The van der Waals surface area contributed by atoms with E-state index in [-0.39, 0.29) is 23.6 Å². The van der Waals surface area contributed by atoms with Gasteiger partial charge in [-0.25, -0.2) is 0 Å². The van der Waals surface area contributed by atoms with Crippen molar-refractivity contribution < 1.29 is 14.4 Å². The third-order valence-corrected chi connectivity index (χ3v) is 5.27.